The molecule has 178 valence electrons. The summed E-state index contributed by atoms with van der Waals surface area (Å²) in [6, 6.07) is 11.7. The molecule has 1 aliphatic rings. The summed E-state index contributed by atoms with van der Waals surface area (Å²) in [5, 5.41) is 3.32. The number of aryl methyl sites for hydroxylation is 1. The van der Waals surface area contributed by atoms with Crippen LogP contribution in [0.15, 0.2) is 47.4 Å². The van der Waals surface area contributed by atoms with Crippen molar-refractivity contribution in [3.05, 3.63) is 58.6 Å². The van der Waals surface area contributed by atoms with E-state index in [2.05, 4.69) is 5.32 Å². The first-order chi connectivity index (χ1) is 15.6. The van der Waals surface area contributed by atoms with Crippen LogP contribution in [0.4, 0.5) is 5.69 Å². The van der Waals surface area contributed by atoms with Crippen LogP contribution in [0.1, 0.15) is 22.3 Å². The molecule has 0 spiro atoms. The third kappa shape index (κ3) is 6.32. The number of benzene rings is 2. The predicted molar refractivity (Wildman–Crippen MR) is 129 cm³/mol. The molecule has 1 N–H and O–H groups in total. The van der Waals surface area contributed by atoms with Crippen molar-refractivity contribution >= 4 is 39.1 Å². The predicted octanol–water partition coefficient (Wildman–Crippen LogP) is 2.69. The Kier molecular flexibility index (Phi) is 8.12. The highest BCUT2D eigenvalue weighted by atomic mass is 35.5. The number of anilines is 1. The van der Waals surface area contributed by atoms with Crippen LogP contribution in [0, 0.1) is 6.92 Å². The largest absolute Gasteiger partial charge is 0.337 e. The number of nitrogens with zero attached hydrogens (tertiary/aromatic N) is 3. The Balaban J connectivity index is 1.60. The Bertz CT molecular complexity index is 1140. The van der Waals surface area contributed by atoms with Gasteiger partial charge in [0.25, 0.3) is 5.91 Å². The van der Waals surface area contributed by atoms with Crippen molar-refractivity contribution < 1.29 is 18.0 Å². The lowest BCUT2D eigenvalue weighted by molar-refractivity contribution is -0.117. The van der Waals surface area contributed by atoms with Crippen molar-refractivity contribution in [1.29, 1.82) is 0 Å². The summed E-state index contributed by atoms with van der Waals surface area (Å²) >= 11 is 6.01. The maximum absolute atomic E-state index is 12.8. The molecule has 8 nitrogen and oxygen atoms in total. The van der Waals surface area contributed by atoms with Crippen molar-refractivity contribution in [1.82, 2.24) is 14.1 Å². The van der Waals surface area contributed by atoms with Crippen LogP contribution in [0.2, 0.25) is 5.02 Å². The van der Waals surface area contributed by atoms with Crippen LogP contribution >= 0.6 is 11.6 Å². The summed E-state index contributed by atoms with van der Waals surface area (Å²) in [6.07, 6.45) is 0.745. The molecule has 2 amide bonds. The highest BCUT2D eigenvalue weighted by Gasteiger charge is 2.23. The van der Waals surface area contributed by atoms with Gasteiger partial charge in [-0.3, -0.25) is 14.5 Å². The highest BCUT2D eigenvalue weighted by Crippen LogP contribution is 2.22. The van der Waals surface area contributed by atoms with Crippen molar-refractivity contribution in [3.63, 3.8) is 0 Å². The van der Waals surface area contributed by atoms with Crippen LogP contribution in [0.25, 0.3) is 0 Å². The second kappa shape index (κ2) is 10.6. The minimum absolute atomic E-state index is 0.0712. The molecular formula is C23H29ClN4O4S. The monoisotopic (exact) mass is 492 g/mol. The molecule has 1 heterocycles. The summed E-state index contributed by atoms with van der Waals surface area (Å²) in [5.41, 5.74) is 1.59. The van der Waals surface area contributed by atoms with Gasteiger partial charge in [0, 0.05) is 56.5 Å². The summed E-state index contributed by atoms with van der Waals surface area (Å²) in [7, 11) is -0.668. The molecule has 33 heavy (non-hydrogen) atoms. The van der Waals surface area contributed by atoms with Gasteiger partial charge in [0.2, 0.25) is 15.9 Å². The number of carbonyl (C=O) groups is 2. The van der Waals surface area contributed by atoms with Crippen molar-refractivity contribution in [2.24, 2.45) is 0 Å². The van der Waals surface area contributed by atoms with E-state index in [0.29, 0.717) is 48.0 Å². The molecule has 0 aliphatic carbocycles. The smallest absolute Gasteiger partial charge is 0.253 e. The van der Waals surface area contributed by atoms with E-state index >= 15 is 0 Å². The summed E-state index contributed by atoms with van der Waals surface area (Å²) in [6.45, 7) is 4.23. The Morgan fingerprint density at radius 2 is 1.82 bits per heavy atom. The first-order valence-electron chi connectivity index (χ1n) is 10.7. The maximum atomic E-state index is 12.8. The minimum Gasteiger partial charge on any atom is -0.337 e. The minimum atomic E-state index is -3.61. The molecule has 1 fully saturated rings. The van der Waals surface area contributed by atoms with Crippen LogP contribution in [-0.2, 0) is 14.8 Å². The van der Waals surface area contributed by atoms with Gasteiger partial charge in [0.15, 0.2) is 0 Å². The zero-order chi connectivity index (χ0) is 24.2. The molecule has 1 saturated heterocycles. The highest BCUT2D eigenvalue weighted by molar-refractivity contribution is 7.89. The number of hydrogen-bond donors (Lipinski definition) is 1. The van der Waals surface area contributed by atoms with Gasteiger partial charge in [0.1, 0.15) is 0 Å². The second-order valence-corrected chi connectivity index (χ2v) is 10.8. The molecule has 2 aromatic carbocycles. The molecule has 3 rings (SSSR count). The van der Waals surface area contributed by atoms with Crippen LogP contribution in [0.3, 0.4) is 0 Å². The van der Waals surface area contributed by atoms with E-state index in [1.54, 1.807) is 48.2 Å². The van der Waals surface area contributed by atoms with Gasteiger partial charge >= 0.3 is 0 Å². The summed E-state index contributed by atoms with van der Waals surface area (Å²) < 4.78 is 26.2. The quantitative estimate of drug-likeness (QED) is 0.669. The Labute approximate surface area is 200 Å². The molecule has 0 bridgehead atoms. The molecule has 0 radical (unpaired) electrons. The van der Waals surface area contributed by atoms with E-state index in [-0.39, 0.29) is 23.3 Å². The topological polar surface area (TPSA) is 90.0 Å². The van der Waals surface area contributed by atoms with Gasteiger partial charge in [-0.05, 0) is 49.2 Å². The molecule has 0 saturated carbocycles. The number of rotatable bonds is 6. The van der Waals surface area contributed by atoms with Gasteiger partial charge in [-0.25, -0.2) is 12.7 Å². The van der Waals surface area contributed by atoms with E-state index in [1.165, 1.54) is 20.2 Å². The Morgan fingerprint density at radius 1 is 1.06 bits per heavy atom. The molecule has 1 aliphatic heterocycles. The van der Waals surface area contributed by atoms with E-state index in [9.17, 15) is 18.0 Å². The van der Waals surface area contributed by atoms with Crippen LogP contribution in [0.5, 0.6) is 0 Å². The fourth-order valence-corrected chi connectivity index (χ4v) is 5.03. The summed E-state index contributed by atoms with van der Waals surface area (Å²) in [5.74, 6) is -0.306. The number of hydrogen-bond acceptors (Lipinski definition) is 5. The van der Waals surface area contributed by atoms with Crippen molar-refractivity contribution in [2.75, 3.05) is 52.1 Å². The SMILES string of the molecule is Cc1ccc(NC(=O)CN2CCCN(C(=O)c3cccc(Cl)c3)CC2)cc1S(=O)(=O)N(C)C. The number of halogens is 1. The fourth-order valence-electron chi connectivity index (χ4n) is 3.69. The first-order valence-corrected chi connectivity index (χ1v) is 12.5. The molecule has 2 aromatic rings. The number of amides is 2. The third-order valence-electron chi connectivity index (χ3n) is 5.55. The molecule has 10 heteroatoms. The first kappa shape index (κ1) is 25.2. The molecular weight excluding hydrogens is 464 g/mol. The zero-order valence-electron chi connectivity index (χ0n) is 19.0. The molecule has 0 atom stereocenters. The third-order valence-corrected chi connectivity index (χ3v) is 7.74. The summed E-state index contributed by atoms with van der Waals surface area (Å²) in [4.78, 5) is 29.4. The van der Waals surface area contributed by atoms with E-state index < -0.39 is 10.0 Å². The lowest BCUT2D eigenvalue weighted by Crippen LogP contribution is -2.38. The fraction of sp³-hybridized carbons (Fsp3) is 0.391. The number of nitrogens with one attached hydrogen (secondary N) is 1. The average molecular weight is 493 g/mol. The lowest BCUT2D eigenvalue weighted by atomic mass is 10.2. The normalized spacial score (nSPS) is 15.4. The van der Waals surface area contributed by atoms with Gasteiger partial charge in [-0.15, -0.1) is 0 Å². The number of carbonyl (C=O) groups excluding carboxylic acids is 2. The van der Waals surface area contributed by atoms with Gasteiger partial charge in [0.05, 0.1) is 11.4 Å². The van der Waals surface area contributed by atoms with Crippen molar-refractivity contribution in [3.8, 4) is 0 Å². The average Bonchev–Trinajstić information content (AvgIpc) is 2.99. The Morgan fingerprint density at radius 3 is 2.52 bits per heavy atom. The van der Waals surface area contributed by atoms with E-state index in [0.717, 1.165) is 10.7 Å². The van der Waals surface area contributed by atoms with E-state index in [4.69, 9.17) is 11.6 Å². The van der Waals surface area contributed by atoms with Gasteiger partial charge in [-0.2, -0.15) is 0 Å². The zero-order valence-corrected chi connectivity index (χ0v) is 20.6. The standard InChI is InChI=1S/C23H29ClN4O4S/c1-17-8-9-20(15-21(17)33(31,32)26(2)3)25-22(29)16-27-10-5-11-28(13-12-27)23(30)18-6-4-7-19(24)14-18/h4,6-9,14-15H,5,10-13,16H2,1-3H3,(H,25,29). The van der Waals surface area contributed by atoms with Crippen molar-refractivity contribution in [2.45, 2.75) is 18.2 Å². The van der Waals surface area contributed by atoms with Gasteiger partial charge in [-0.1, -0.05) is 23.7 Å². The molecule has 0 unspecified atom stereocenters. The van der Waals surface area contributed by atoms with Crippen LogP contribution < -0.4 is 5.32 Å². The maximum Gasteiger partial charge on any atom is 0.253 e. The Hall–Kier alpha value is -2.46. The van der Waals surface area contributed by atoms with Gasteiger partial charge < -0.3 is 10.2 Å². The lowest BCUT2D eigenvalue weighted by Gasteiger charge is -2.22. The van der Waals surface area contributed by atoms with E-state index in [1.807, 2.05) is 4.90 Å². The molecule has 0 aromatic heterocycles. The number of sulfonamides is 1. The second-order valence-electron chi connectivity index (χ2n) is 8.25. The van der Waals surface area contributed by atoms with Crippen LogP contribution in [-0.4, -0.2) is 81.2 Å².